The zero-order valence-electron chi connectivity index (χ0n) is 11.6. The standard InChI is InChI=1S/C15H19NO4/c1-3-16(14(18)12-8-13(12)15(19)20)9(2)10-5-4-6-11(17)7-10/h4-7,9,12-13,17H,3,8H2,1-2H3,(H,19,20)/t9?,12-,13+/m1/s1. The number of hydrogen-bond acceptors (Lipinski definition) is 3. The summed E-state index contributed by atoms with van der Waals surface area (Å²) < 4.78 is 0. The van der Waals surface area contributed by atoms with E-state index in [2.05, 4.69) is 0 Å². The molecule has 2 N–H and O–H groups in total. The van der Waals surface area contributed by atoms with E-state index in [1.165, 1.54) is 0 Å². The molecular formula is C15H19NO4. The predicted molar refractivity (Wildman–Crippen MR) is 73.1 cm³/mol. The van der Waals surface area contributed by atoms with Gasteiger partial charge < -0.3 is 15.1 Å². The Labute approximate surface area is 117 Å². The summed E-state index contributed by atoms with van der Waals surface area (Å²) in [4.78, 5) is 24.9. The minimum absolute atomic E-state index is 0.115. The minimum atomic E-state index is -0.899. The van der Waals surface area contributed by atoms with Crippen LogP contribution < -0.4 is 0 Å². The maximum absolute atomic E-state index is 12.4. The molecule has 0 spiro atoms. The van der Waals surface area contributed by atoms with Gasteiger partial charge in [-0.15, -0.1) is 0 Å². The molecule has 20 heavy (non-hydrogen) atoms. The fraction of sp³-hybridized carbons (Fsp3) is 0.467. The van der Waals surface area contributed by atoms with Crippen molar-refractivity contribution in [1.29, 1.82) is 0 Å². The maximum atomic E-state index is 12.4. The third-order valence-electron chi connectivity index (χ3n) is 3.87. The van der Waals surface area contributed by atoms with E-state index in [1.54, 1.807) is 23.1 Å². The summed E-state index contributed by atoms with van der Waals surface area (Å²) >= 11 is 0. The lowest BCUT2D eigenvalue weighted by molar-refractivity contribution is -0.142. The lowest BCUT2D eigenvalue weighted by atomic mass is 10.1. The van der Waals surface area contributed by atoms with Crippen LogP contribution in [0.15, 0.2) is 24.3 Å². The number of carboxylic acids is 1. The Morgan fingerprint density at radius 1 is 1.40 bits per heavy atom. The molecule has 1 saturated carbocycles. The highest BCUT2D eigenvalue weighted by Crippen LogP contribution is 2.41. The van der Waals surface area contributed by atoms with Crippen LogP contribution in [-0.2, 0) is 9.59 Å². The van der Waals surface area contributed by atoms with Crippen LogP contribution in [-0.4, -0.2) is 33.5 Å². The van der Waals surface area contributed by atoms with Crippen LogP contribution in [0.2, 0.25) is 0 Å². The highest BCUT2D eigenvalue weighted by atomic mass is 16.4. The molecule has 0 aromatic heterocycles. The molecule has 5 nitrogen and oxygen atoms in total. The van der Waals surface area contributed by atoms with Crippen LogP contribution >= 0.6 is 0 Å². The number of nitrogens with zero attached hydrogens (tertiary/aromatic N) is 1. The van der Waals surface area contributed by atoms with Crippen LogP contribution in [0, 0.1) is 11.8 Å². The normalized spacial score (nSPS) is 22.1. The summed E-state index contributed by atoms with van der Waals surface area (Å²) in [6, 6.07) is 6.60. The van der Waals surface area contributed by atoms with Gasteiger partial charge in [0, 0.05) is 6.54 Å². The number of aliphatic carboxylic acids is 1. The van der Waals surface area contributed by atoms with Crippen molar-refractivity contribution in [1.82, 2.24) is 4.90 Å². The molecule has 2 rings (SSSR count). The van der Waals surface area contributed by atoms with Crippen LogP contribution in [0.25, 0.3) is 0 Å². The van der Waals surface area contributed by atoms with Gasteiger partial charge >= 0.3 is 5.97 Å². The summed E-state index contributed by atoms with van der Waals surface area (Å²) in [7, 11) is 0. The molecule has 0 radical (unpaired) electrons. The number of hydrogen-bond donors (Lipinski definition) is 2. The summed E-state index contributed by atoms with van der Waals surface area (Å²) in [5, 5.41) is 18.4. The second kappa shape index (κ2) is 5.53. The average Bonchev–Trinajstić information content (AvgIpc) is 3.19. The minimum Gasteiger partial charge on any atom is -0.508 e. The fourth-order valence-electron chi connectivity index (χ4n) is 2.54. The SMILES string of the molecule is CCN(C(=O)[C@@H]1C[C@@H]1C(=O)O)C(C)c1cccc(O)c1. The summed E-state index contributed by atoms with van der Waals surface area (Å²) in [5.41, 5.74) is 0.840. The van der Waals surface area contributed by atoms with Crippen molar-refractivity contribution in [3.63, 3.8) is 0 Å². The average molecular weight is 277 g/mol. The quantitative estimate of drug-likeness (QED) is 0.863. The smallest absolute Gasteiger partial charge is 0.307 e. The molecule has 1 unspecified atom stereocenters. The largest absolute Gasteiger partial charge is 0.508 e. The number of benzene rings is 1. The molecular weight excluding hydrogens is 258 g/mol. The Kier molecular flexibility index (Phi) is 3.97. The van der Waals surface area contributed by atoms with E-state index in [-0.39, 0.29) is 17.7 Å². The van der Waals surface area contributed by atoms with Gasteiger partial charge in [0.05, 0.1) is 17.9 Å². The second-order valence-electron chi connectivity index (χ2n) is 5.18. The van der Waals surface area contributed by atoms with Gasteiger partial charge in [-0.05, 0) is 38.0 Å². The van der Waals surface area contributed by atoms with Gasteiger partial charge in [0.15, 0.2) is 0 Å². The molecule has 108 valence electrons. The lowest BCUT2D eigenvalue weighted by Crippen LogP contribution is -2.35. The van der Waals surface area contributed by atoms with Crippen molar-refractivity contribution < 1.29 is 19.8 Å². The fourth-order valence-corrected chi connectivity index (χ4v) is 2.54. The Balaban J connectivity index is 2.12. The van der Waals surface area contributed by atoms with Crippen LogP contribution in [0.3, 0.4) is 0 Å². The van der Waals surface area contributed by atoms with Crippen molar-refractivity contribution in [2.75, 3.05) is 6.54 Å². The van der Waals surface area contributed by atoms with E-state index in [0.29, 0.717) is 13.0 Å². The van der Waals surface area contributed by atoms with Crippen LogP contribution in [0.4, 0.5) is 0 Å². The molecule has 1 aromatic rings. The van der Waals surface area contributed by atoms with Crippen molar-refractivity contribution in [2.24, 2.45) is 11.8 Å². The zero-order chi connectivity index (χ0) is 14.9. The number of amides is 1. The first-order valence-corrected chi connectivity index (χ1v) is 6.78. The monoisotopic (exact) mass is 277 g/mol. The Hall–Kier alpha value is -2.04. The molecule has 3 atom stereocenters. The number of phenols is 1. The first kappa shape index (κ1) is 14.4. The molecule has 1 fully saturated rings. The highest BCUT2D eigenvalue weighted by Gasteiger charge is 2.50. The zero-order valence-corrected chi connectivity index (χ0v) is 11.6. The van der Waals surface area contributed by atoms with Crippen molar-refractivity contribution in [2.45, 2.75) is 26.3 Å². The number of aromatic hydroxyl groups is 1. The third-order valence-corrected chi connectivity index (χ3v) is 3.87. The summed E-state index contributed by atoms with van der Waals surface area (Å²) in [6.07, 6.45) is 0.428. The Bertz CT molecular complexity index is 528. The number of phenolic OH excluding ortho intramolecular Hbond substituents is 1. The second-order valence-corrected chi connectivity index (χ2v) is 5.18. The Morgan fingerprint density at radius 3 is 2.60 bits per heavy atom. The number of carbonyl (C=O) groups excluding carboxylic acids is 1. The summed E-state index contributed by atoms with van der Waals surface area (Å²) in [6.45, 7) is 4.27. The van der Waals surface area contributed by atoms with E-state index < -0.39 is 17.8 Å². The maximum Gasteiger partial charge on any atom is 0.307 e. The highest BCUT2D eigenvalue weighted by molar-refractivity contribution is 5.89. The van der Waals surface area contributed by atoms with Gasteiger partial charge in [-0.1, -0.05) is 12.1 Å². The first-order chi connectivity index (χ1) is 9.45. The van der Waals surface area contributed by atoms with E-state index in [9.17, 15) is 14.7 Å². The molecule has 1 aliphatic rings. The van der Waals surface area contributed by atoms with Gasteiger partial charge in [-0.3, -0.25) is 9.59 Å². The molecule has 5 heteroatoms. The molecule has 1 aliphatic carbocycles. The summed E-state index contributed by atoms with van der Waals surface area (Å²) in [5.74, 6) is -1.78. The molecule has 0 bridgehead atoms. The molecule has 0 saturated heterocycles. The molecule has 0 aliphatic heterocycles. The van der Waals surface area contributed by atoms with Gasteiger partial charge in [0.25, 0.3) is 0 Å². The predicted octanol–water partition coefficient (Wildman–Crippen LogP) is 2.02. The van der Waals surface area contributed by atoms with Crippen LogP contribution in [0.1, 0.15) is 31.9 Å². The van der Waals surface area contributed by atoms with Crippen LogP contribution in [0.5, 0.6) is 5.75 Å². The van der Waals surface area contributed by atoms with Gasteiger partial charge in [0.1, 0.15) is 5.75 Å². The van der Waals surface area contributed by atoms with Gasteiger partial charge in [-0.25, -0.2) is 0 Å². The van der Waals surface area contributed by atoms with Crippen molar-refractivity contribution in [3.05, 3.63) is 29.8 Å². The van der Waals surface area contributed by atoms with E-state index >= 15 is 0 Å². The van der Waals surface area contributed by atoms with Crippen molar-refractivity contribution >= 4 is 11.9 Å². The topological polar surface area (TPSA) is 77.8 Å². The molecule has 1 amide bonds. The Morgan fingerprint density at radius 2 is 2.10 bits per heavy atom. The van der Waals surface area contributed by atoms with E-state index in [0.717, 1.165) is 5.56 Å². The number of rotatable bonds is 5. The molecule has 0 heterocycles. The molecule has 1 aromatic carbocycles. The van der Waals surface area contributed by atoms with E-state index in [1.807, 2.05) is 19.9 Å². The van der Waals surface area contributed by atoms with Gasteiger partial charge in [0.2, 0.25) is 5.91 Å². The lowest BCUT2D eigenvalue weighted by Gasteiger charge is -2.28. The first-order valence-electron chi connectivity index (χ1n) is 6.78. The van der Waals surface area contributed by atoms with Gasteiger partial charge in [-0.2, -0.15) is 0 Å². The number of carboxylic acid groups (broad SMARTS) is 1. The third kappa shape index (κ3) is 2.76. The van der Waals surface area contributed by atoms with E-state index in [4.69, 9.17) is 5.11 Å². The number of carbonyl (C=O) groups is 2. The van der Waals surface area contributed by atoms with Crippen molar-refractivity contribution in [3.8, 4) is 5.75 Å².